The van der Waals surface area contributed by atoms with Crippen molar-refractivity contribution in [2.45, 2.75) is 65.9 Å². The lowest BCUT2D eigenvalue weighted by molar-refractivity contribution is 0.0956. The van der Waals surface area contributed by atoms with Crippen molar-refractivity contribution in [3.8, 4) is 5.88 Å². The molecule has 1 aliphatic rings. The largest absolute Gasteiger partial charge is 0.474 e. The van der Waals surface area contributed by atoms with Gasteiger partial charge in [0.05, 0.1) is 0 Å². The minimum absolute atomic E-state index is 0.257. The van der Waals surface area contributed by atoms with Crippen molar-refractivity contribution in [3.63, 3.8) is 0 Å². The quantitative estimate of drug-likeness (QED) is 0.762. The van der Waals surface area contributed by atoms with Gasteiger partial charge in [-0.05, 0) is 44.4 Å². The minimum atomic E-state index is 0.257. The maximum absolute atomic E-state index is 6.20. The summed E-state index contributed by atoms with van der Waals surface area (Å²) >= 11 is 6.20. The van der Waals surface area contributed by atoms with Crippen LogP contribution in [0, 0.1) is 18.8 Å². The summed E-state index contributed by atoms with van der Waals surface area (Å²) in [5, 5.41) is 0.523. The van der Waals surface area contributed by atoms with E-state index in [9.17, 15) is 0 Å². The Bertz CT molecular complexity index is 454. The lowest BCUT2D eigenvalue weighted by Crippen LogP contribution is -2.29. The second-order valence-corrected chi connectivity index (χ2v) is 6.63. The molecule has 4 heteroatoms. The number of rotatable bonds is 4. The highest BCUT2D eigenvalue weighted by Crippen LogP contribution is 2.32. The van der Waals surface area contributed by atoms with Crippen molar-refractivity contribution >= 4 is 11.6 Å². The van der Waals surface area contributed by atoms with Crippen molar-refractivity contribution in [2.75, 3.05) is 0 Å². The molecule has 20 heavy (non-hydrogen) atoms. The third-order valence-corrected chi connectivity index (χ3v) is 4.34. The molecule has 3 nitrogen and oxygen atoms in total. The molecule has 1 aliphatic carbocycles. The average molecular weight is 297 g/mol. The lowest BCUT2D eigenvalue weighted by atomic mass is 9.82. The SMILES string of the molecule is CCCc1nc(Cl)c(C)c(OC2CC(C)CC(C)C2)n1. The van der Waals surface area contributed by atoms with Gasteiger partial charge in [0.1, 0.15) is 17.1 Å². The molecule has 1 saturated carbocycles. The molecule has 2 rings (SSSR count). The summed E-state index contributed by atoms with van der Waals surface area (Å²) < 4.78 is 6.16. The fraction of sp³-hybridized carbons (Fsp3) is 0.750. The van der Waals surface area contributed by atoms with Crippen LogP contribution in [-0.2, 0) is 6.42 Å². The predicted molar refractivity (Wildman–Crippen MR) is 82.4 cm³/mol. The van der Waals surface area contributed by atoms with Crippen LogP contribution in [0.5, 0.6) is 5.88 Å². The summed E-state index contributed by atoms with van der Waals surface area (Å²) in [4.78, 5) is 8.87. The molecule has 0 aromatic carbocycles. The van der Waals surface area contributed by atoms with Crippen molar-refractivity contribution in [1.29, 1.82) is 0 Å². The zero-order chi connectivity index (χ0) is 14.7. The summed E-state index contributed by atoms with van der Waals surface area (Å²) in [5.74, 6) is 2.91. The highest BCUT2D eigenvalue weighted by molar-refractivity contribution is 6.30. The first kappa shape index (κ1) is 15.6. The van der Waals surface area contributed by atoms with Crippen LogP contribution >= 0.6 is 11.6 Å². The zero-order valence-corrected chi connectivity index (χ0v) is 13.7. The molecule has 0 amide bonds. The van der Waals surface area contributed by atoms with Gasteiger partial charge in [-0.15, -0.1) is 0 Å². The van der Waals surface area contributed by atoms with E-state index in [0.29, 0.717) is 11.0 Å². The lowest BCUT2D eigenvalue weighted by Gasteiger charge is -2.31. The highest BCUT2D eigenvalue weighted by Gasteiger charge is 2.26. The number of aromatic nitrogens is 2. The molecule has 1 aromatic heterocycles. The van der Waals surface area contributed by atoms with Crippen LogP contribution < -0.4 is 4.74 Å². The molecular weight excluding hydrogens is 272 g/mol. The zero-order valence-electron chi connectivity index (χ0n) is 12.9. The summed E-state index contributed by atoms with van der Waals surface area (Å²) in [6.45, 7) is 8.65. The van der Waals surface area contributed by atoms with E-state index in [1.165, 1.54) is 6.42 Å². The highest BCUT2D eigenvalue weighted by atomic mass is 35.5. The number of ether oxygens (including phenoxy) is 1. The van der Waals surface area contributed by atoms with Crippen LogP contribution in [0.1, 0.15) is 57.8 Å². The van der Waals surface area contributed by atoms with Gasteiger partial charge in [0, 0.05) is 12.0 Å². The molecule has 0 radical (unpaired) electrons. The molecule has 0 saturated heterocycles. The average Bonchev–Trinajstić information content (AvgIpc) is 2.34. The Morgan fingerprint density at radius 1 is 1.15 bits per heavy atom. The van der Waals surface area contributed by atoms with E-state index in [-0.39, 0.29) is 6.10 Å². The topological polar surface area (TPSA) is 35.0 Å². The Balaban J connectivity index is 2.15. The molecule has 0 aliphatic heterocycles. The van der Waals surface area contributed by atoms with E-state index in [2.05, 4.69) is 30.7 Å². The van der Waals surface area contributed by atoms with Crippen LogP contribution in [-0.4, -0.2) is 16.1 Å². The molecule has 0 bridgehead atoms. The molecule has 112 valence electrons. The van der Waals surface area contributed by atoms with Crippen molar-refractivity contribution in [2.24, 2.45) is 11.8 Å². The van der Waals surface area contributed by atoms with Gasteiger partial charge in [-0.25, -0.2) is 4.98 Å². The van der Waals surface area contributed by atoms with Crippen molar-refractivity contribution < 1.29 is 4.74 Å². The Morgan fingerprint density at radius 3 is 2.40 bits per heavy atom. The van der Waals surface area contributed by atoms with E-state index in [1.807, 2.05) is 6.92 Å². The van der Waals surface area contributed by atoms with Crippen LogP contribution in [0.3, 0.4) is 0 Å². The van der Waals surface area contributed by atoms with Gasteiger partial charge in [-0.3, -0.25) is 0 Å². The maximum Gasteiger partial charge on any atom is 0.221 e. The van der Waals surface area contributed by atoms with Crippen LogP contribution in [0.4, 0.5) is 0 Å². The van der Waals surface area contributed by atoms with Gasteiger partial charge in [0.25, 0.3) is 0 Å². The van der Waals surface area contributed by atoms with Crippen LogP contribution in [0.25, 0.3) is 0 Å². The van der Waals surface area contributed by atoms with Gasteiger partial charge in [0.15, 0.2) is 0 Å². The van der Waals surface area contributed by atoms with Crippen LogP contribution in [0.2, 0.25) is 5.15 Å². The summed E-state index contributed by atoms with van der Waals surface area (Å²) in [6.07, 6.45) is 5.62. The van der Waals surface area contributed by atoms with E-state index in [1.54, 1.807) is 0 Å². The second kappa shape index (κ2) is 6.75. The predicted octanol–water partition coefficient (Wildman–Crippen LogP) is 4.59. The Morgan fingerprint density at radius 2 is 1.80 bits per heavy atom. The fourth-order valence-corrected chi connectivity index (χ4v) is 3.27. The summed E-state index contributed by atoms with van der Waals surface area (Å²) in [5.41, 5.74) is 0.859. The van der Waals surface area contributed by atoms with Crippen molar-refractivity contribution in [3.05, 3.63) is 16.5 Å². The van der Waals surface area contributed by atoms with Crippen LogP contribution in [0.15, 0.2) is 0 Å². The molecular formula is C16H25ClN2O. The van der Waals surface area contributed by atoms with E-state index < -0.39 is 0 Å². The number of nitrogens with zero attached hydrogens (tertiary/aromatic N) is 2. The molecule has 2 unspecified atom stereocenters. The standard InChI is InChI=1S/C16H25ClN2O/c1-5-6-14-18-15(17)12(4)16(19-14)20-13-8-10(2)7-11(3)9-13/h10-11,13H,5-9H2,1-4H3. The van der Waals surface area contributed by atoms with Gasteiger partial charge in [-0.2, -0.15) is 4.98 Å². The Hall–Kier alpha value is -0.830. The number of hydrogen-bond donors (Lipinski definition) is 0. The molecule has 1 aromatic rings. The minimum Gasteiger partial charge on any atom is -0.474 e. The van der Waals surface area contributed by atoms with Gasteiger partial charge in [-0.1, -0.05) is 32.4 Å². The second-order valence-electron chi connectivity index (χ2n) is 6.27. The Kier molecular flexibility index (Phi) is 5.25. The molecule has 0 spiro atoms. The van der Waals surface area contributed by atoms with Crippen molar-refractivity contribution in [1.82, 2.24) is 9.97 Å². The van der Waals surface area contributed by atoms with Gasteiger partial charge >= 0.3 is 0 Å². The van der Waals surface area contributed by atoms with Gasteiger partial charge in [0.2, 0.25) is 5.88 Å². The number of halogens is 1. The molecule has 0 N–H and O–H groups in total. The fourth-order valence-electron chi connectivity index (χ4n) is 3.09. The number of hydrogen-bond acceptors (Lipinski definition) is 3. The third kappa shape index (κ3) is 3.85. The monoisotopic (exact) mass is 296 g/mol. The van der Waals surface area contributed by atoms with Gasteiger partial charge < -0.3 is 4.74 Å². The first-order valence-corrected chi connectivity index (χ1v) is 8.07. The normalized spacial score (nSPS) is 26.6. The third-order valence-electron chi connectivity index (χ3n) is 3.98. The molecule has 2 atom stereocenters. The van der Waals surface area contributed by atoms with E-state index in [0.717, 1.165) is 48.9 Å². The summed E-state index contributed by atoms with van der Waals surface area (Å²) in [7, 11) is 0. The summed E-state index contributed by atoms with van der Waals surface area (Å²) in [6, 6.07) is 0. The van der Waals surface area contributed by atoms with E-state index >= 15 is 0 Å². The first-order chi connectivity index (χ1) is 9.49. The molecule has 1 fully saturated rings. The smallest absolute Gasteiger partial charge is 0.221 e. The number of aryl methyl sites for hydroxylation is 1. The molecule has 1 heterocycles. The maximum atomic E-state index is 6.20. The first-order valence-electron chi connectivity index (χ1n) is 7.69. The van der Waals surface area contributed by atoms with E-state index in [4.69, 9.17) is 16.3 Å². The Labute approximate surface area is 127 Å².